The fraction of sp³-hybridized carbons (Fsp3) is 0.500. The van der Waals surface area contributed by atoms with Crippen LogP contribution < -0.4 is 10.1 Å². The largest absolute Gasteiger partial charge is 0.486 e. The topological polar surface area (TPSA) is 88.1 Å². The molecular weight excluding hydrogens is 300 g/mol. The van der Waals surface area contributed by atoms with Gasteiger partial charge in [0.15, 0.2) is 0 Å². The lowest BCUT2D eigenvalue weighted by Gasteiger charge is -2.21. The van der Waals surface area contributed by atoms with E-state index in [2.05, 4.69) is 5.32 Å². The summed E-state index contributed by atoms with van der Waals surface area (Å²) in [5.41, 5.74) is 0.555. The number of benzene rings is 1. The Balaban J connectivity index is 1.98. The molecule has 2 N–H and O–H groups in total. The van der Waals surface area contributed by atoms with E-state index < -0.39 is 11.9 Å². The van der Waals surface area contributed by atoms with Gasteiger partial charge in [0.2, 0.25) is 0 Å². The van der Waals surface area contributed by atoms with Gasteiger partial charge < -0.3 is 24.8 Å². The number of aliphatic carboxylic acids is 1. The summed E-state index contributed by atoms with van der Waals surface area (Å²) in [5, 5.41) is 11.7. The van der Waals surface area contributed by atoms with Crippen molar-refractivity contribution < 1.29 is 24.2 Å². The summed E-state index contributed by atoms with van der Waals surface area (Å²) in [6.45, 7) is 2.90. The Kier molecular flexibility index (Phi) is 5.81. The molecule has 2 unspecified atom stereocenters. The first-order valence-electron chi connectivity index (χ1n) is 7.55. The second-order valence-corrected chi connectivity index (χ2v) is 5.65. The van der Waals surface area contributed by atoms with E-state index in [9.17, 15) is 9.59 Å². The summed E-state index contributed by atoms with van der Waals surface area (Å²) in [5.74, 6) is -0.987. The normalized spacial score (nSPS) is 18.3. The summed E-state index contributed by atoms with van der Waals surface area (Å²) in [6.07, 6.45) is 0.802. The van der Waals surface area contributed by atoms with Crippen molar-refractivity contribution in [2.75, 3.05) is 32.1 Å². The number of hydrogen-bond acceptors (Lipinski definition) is 4. The van der Waals surface area contributed by atoms with Crippen LogP contribution in [0, 0.1) is 5.92 Å². The number of para-hydroxylation sites is 2. The number of urea groups is 1. The molecule has 2 amide bonds. The third kappa shape index (κ3) is 4.85. The SMILES string of the molecule is CC(CN(C)C(=O)Nc1ccccc1OC1CCOC1)C(=O)O. The van der Waals surface area contributed by atoms with Crippen LogP contribution in [0.2, 0.25) is 0 Å². The van der Waals surface area contributed by atoms with Gasteiger partial charge in [-0.15, -0.1) is 0 Å². The number of hydrogen-bond donors (Lipinski definition) is 2. The zero-order valence-electron chi connectivity index (χ0n) is 13.3. The van der Waals surface area contributed by atoms with E-state index >= 15 is 0 Å². The number of carbonyl (C=O) groups excluding carboxylic acids is 1. The molecule has 1 heterocycles. The number of ether oxygens (including phenoxy) is 2. The van der Waals surface area contributed by atoms with Crippen LogP contribution in [0.3, 0.4) is 0 Å². The van der Waals surface area contributed by atoms with E-state index in [1.54, 1.807) is 32.2 Å². The number of amides is 2. The minimum Gasteiger partial charge on any atom is -0.486 e. The molecule has 0 aliphatic carbocycles. The van der Waals surface area contributed by atoms with Crippen molar-refractivity contribution in [1.29, 1.82) is 0 Å². The van der Waals surface area contributed by atoms with Crippen LogP contribution in [0.4, 0.5) is 10.5 Å². The van der Waals surface area contributed by atoms with Crippen molar-refractivity contribution in [2.45, 2.75) is 19.4 Å². The van der Waals surface area contributed by atoms with Crippen LogP contribution >= 0.6 is 0 Å². The molecule has 1 aromatic carbocycles. The predicted molar refractivity (Wildman–Crippen MR) is 84.7 cm³/mol. The molecule has 1 aliphatic heterocycles. The van der Waals surface area contributed by atoms with Crippen molar-refractivity contribution in [1.82, 2.24) is 4.90 Å². The highest BCUT2D eigenvalue weighted by atomic mass is 16.5. The maximum Gasteiger partial charge on any atom is 0.321 e. The first-order valence-corrected chi connectivity index (χ1v) is 7.55. The van der Waals surface area contributed by atoms with Crippen molar-refractivity contribution in [3.05, 3.63) is 24.3 Å². The third-order valence-electron chi connectivity index (χ3n) is 3.63. The molecule has 7 heteroatoms. The van der Waals surface area contributed by atoms with Gasteiger partial charge in [-0.2, -0.15) is 0 Å². The Morgan fingerprint density at radius 1 is 1.48 bits per heavy atom. The Morgan fingerprint density at radius 2 is 2.22 bits per heavy atom. The molecule has 2 atom stereocenters. The van der Waals surface area contributed by atoms with E-state index in [0.29, 0.717) is 24.7 Å². The average molecular weight is 322 g/mol. The van der Waals surface area contributed by atoms with Gasteiger partial charge in [0.05, 0.1) is 24.8 Å². The molecule has 1 aromatic rings. The minimum absolute atomic E-state index is 0.0159. The monoisotopic (exact) mass is 322 g/mol. The van der Waals surface area contributed by atoms with Crippen LogP contribution in [0.1, 0.15) is 13.3 Å². The van der Waals surface area contributed by atoms with E-state index in [1.807, 2.05) is 6.07 Å². The molecule has 0 spiro atoms. The van der Waals surface area contributed by atoms with Crippen molar-refractivity contribution in [3.63, 3.8) is 0 Å². The number of carboxylic acid groups (broad SMARTS) is 1. The summed E-state index contributed by atoms with van der Waals surface area (Å²) >= 11 is 0. The molecule has 0 aromatic heterocycles. The smallest absolute Gasteiger partial charge is 0.321 e. The highest BCUT2D eigenvalue weighted by Crippen LogP contribution is 2.26. The molecule has 0 bridgehead atoms. The number of nitrogens with zero attached hydrogens (tertiary/aromatic N) is 1. The van der Waals surface area contributed by atoms with Gasteiger partial charge in [-0.1, -0.05) is 19.1 Å². The molecular formula is C16H22N2O5. The second kappa shape index (κ2) is 7.82. The Hall–Kier alpha value is -2.28. The van der Waals surface area contributed by atoms with Crippen LogP contribution in [0.25, 0.3) is 0 Å². The van der Waals surface area contributed by atoms with Crippen LogP contribution in [0.5, 0.6) is 5.75 Å². The average Bonchev–Trinajstić information content (AvgIpc) is 3.02. The maximum absolute atomic E-state index is 12.2. The Bertz CT molecular complexity index is 557. The van der Waals surface area contributed by atoms with Crippen LogP contribution in [-0.2, 0) is 9.53 Å². The molecule has 126 valence electrons. The lowest BCUT2D eigenvalue weighted by Crippen LogP contribution is -2.36. The highest BCUT2D eigenvalue weighted by Gasteiger charge is 2.21. The van der Waals surface area contributed by atoms with E-state index in [-0.39, 0.29) is 18.7 Å². The maximum atomic E-state index is 12.2. The molecule has 1 aliphatic rings. The first kappa shape index (κ1) is 17.1. The fourth-order valence-corrected chi connectivity index (χ4v) is 2.24. The minimum atomic E-state index is -0.936. The lowest BCUT2D eigenvalue weighted by atomic mass is 10.2. The van der Waals surface area contributed by atoms with Gasteiger partial charge in [-0.05, 0) is 12.1 Å². The molecule has 7 nitrogen and oxygen atoms in total. The van der Waals surface area contributed by atoms with E-state index in [0.717, 1.165) is 6.42 Å². The Morgan fingerprint density at radius 3 is 2.87 bits per heavy atom. The molecule has 23 heavy (non-hydrogen) atoms. The highest BCUT2D eigenvalue weighted by molar-refractivity contribution is 5.91. The lowest BCUT2D eigenvalue weighted by molar-refractivity contribution is -0.141. The standard InChI is InChI=1S/C16H22N2O5/c1-11(15(19)20)9-18(2)16(21)17-13-5-3-4-6-14(13)23-12-7-8-22-10-12/h3-6,11-12H,7-10H2,1-2H3,(H,17,21)(H,19,20). The van der Waals surface area contributed by atoms with E-state index in [4.69, 9.17) is 14.6 Å². The number of carboxylic acids is 1. The van der Waals surface area contributed by atoms with Crippen LogP contribution in [-0.4, -0.2) is 54.9 Å². The zero-order valence-corrected chi connectivity index (χ0v) is 13.3. The second-order valence-electron chi connectivity index (χ2n) is 5.65. The predicted octanol–water partition coefficient (Wildman–Crippen LogP) is 2.04. The summed E-state index contributed by atoms with van der Waals surface area (Å²) in [7, 11) is 1.56. The van der Waals surface area contributed by atoms with E-state index in [1.165, 1.54) is 4.90 Å². The van der Waals surface area contributed by atoms with Gasteiger partial charge in [-0.3, -0.25) is 4.79 Å². The van der Waals surface area contributed by atoms with Crippen LogP contribution in [0.15, 0.2) is 24.3 Å². The molecule has 0 radical (unpaired) electrons. The zero-order chi connectivity index (χ0) is 16.8. The number of rotatable bonds is 6. The van der Waals surface area contributed by atoms with Gasteiger partial charge in [0, 0.05) is 20.0 Å². The summed E-state index contributed by atoms with van der Waals surface area (Å²) < 4.78 is 11.1. The van der Waals surface area contributed by atoms with Gasteiger partial charge in [0.1, 0.15) is 11.9 Å². The first-order chi connectivity index (χ1) is 11.0. The number of carbonyl (C=O) groups is 2. The van der Waals surface area contributed by atoms with Gasteiger partial charge in [0.25, 0.3) is 0 Å². The fourth-order valence-electron chi connectivity index (χ4n) is 2.24. The Labute approximate surface area is 135 Å². The molecule has 0 saturated carbocycles. The van der Waals surface area contributed by atoms with Crippen molar-refractivity contribution >= 4 is 17.7 Å². The van der Waals surface area contributed by atoms with Crippen molar-refractivity contribution in [2.24, 2.45) is 5.92 Å². The van der Waals surface area contributed by atoms with Gasteiger partial charge >= 0.3 is 12.0 Å². The summed E-state index contributed by atoms with van der Waals surface area (Å²) in [6, 6.07) is 6.78. The number of anilines is 1. The third-order valence-corrected chi connectivity index (χ3v) is 3.63. The number of nitrogens with one attached hydrogen (secondary N) is 1. The summed E-state index contributed by atoms with van der Waals surface area (Å²) in [4.78, 5) is 24.4. The quantitative estimate of drug-likeness (QED) is 0.837. The van der Waals surface area contributed by atoms with Gasteiger partial charge in [-0.25, -0.2) is 4.79 Å². The molecule has 1 saturated heterocycles. The molecule has 2 rings (SSSR count). The van der Waals surface area contributed by atoms with Crippen molar-refractivity contribution in [3.8, 4) is 5.75 Å². The molecule has 1 fully saturated rings.